The second-order valence-electron chi connectivity index (χ2n) is 6.23. The van der Waals surface area contributed by atoms with Crippen LogP contribution in [0.15, 0.2) is 78.9 Å². The molecule has 1 atom stereocenters. The van der Waals surface area contributed by atoms with E-state index in [2.05, 4.69) is 5.32 Å². The van der Waals surface area contributed by atoms with Crippen molar-refractivity contribution in [1.82, 2.24) is 0 Å². The molecule has 7 heteroatoms. The Kier molecular flexibility index (Phi) is 6.54. The van der Waals surface area contributed by atoms with Crippen LogP contribution in [0, 0.1) is 5.82 Å². The molecule has 0 bridgehead atoms. The molecule has 0 fully saturated rings. The minimum Gasteiger partial charge on any atom is -0.465 e. The molecular formula is C23H18FNO5. The lowest BCUT2D eigenvalue weighted by Crippen LogP contribution is -2.26. The average Bonchev–Trinajstić information content (AvgIpc) is 2.78. The summed E-state index contributed by atoms with van der Waals surface area (Å²) in [6.45, 7) is 0. The van der Waals surface area contributed by atoms with E-state index in [9.17, 15) is 18.8 Å². The number of carbonyl (C=O) groups excluding carboxylic acids is 3. The normalized spacial score (nSPS) is 11.3. The summed E-state index contributed by atoms with van der Waals surface area (Å²) < 4.78 is 23.3. The monoisotopic (exact) mass is 407 g/mol. The van der Waals surface area contributed by atoms with Crippen molar-refractivity contribution in [3.63, 3.8) is 0 Å². The summed E-state index contributed by atoms with van der Waals surface area (Å²) in [4.78, 5) is 37.6. The van der Waals surface area contributed by atoms with E-state index < -0.39 is 29.8 Å². The van der Waals surface area contributed by atoms with E-state index in [4.69, 9.17) is 9.47 Å². The van der Waals surface area contributed by atoms with Gasteiger partial charge < -0.3 is 14.8 Å². The van der Waals surface area contributed by atoms with Gasteiger partial charge >= 0.3 is 11.9 Å². The summed E-state index contributed by atoms with van der Waals surface area (Å²) in [5, 5.41) is 2.60. The predicted molar refractivity (Wildman–Crippen MR) is 107 cm³/mol. The molecule has 0 aliphatic rings. The molecule has 3 aromatic rings. The van der Waals surface area contributed by atoms with Crippen LogP contribution in [0.5, 0.6) is 0 Å². The number of benzene rings is 3. The second-order valence-corrected chi connectivity index (χ2v) is 6.23. The lowest BCUT2D eigenvalue weighted by Gasteiger charge is -2.19. The minimum absolute atomic E-state index is 0.0238. The molecule has 0 aliphatic heterocycles. The first-order chi connectivity index (χ1) is 14.5. The molecule has 0 saturated carbocycles. The Labute approximate surface area is 172 Å². The van der Waals surface area contributed by atoms with Gasteiger partial charge in [0.1, 0.15) is 5.82 Å². The molecule has 1 unspecified atom stereocenters. The fraction of sp³-hybridized carbons (Fsp3) is 0.0870. The number of nitrogens with one attached hydrogen (secondary N) is 1. The van der Waals surface area contributed by atoms with E-state index in [0.29, 0.717) is 11.3 Å². The van der Waals surface area contributed by atoms with Crippen LogP contribution in [0.2, 0.25) is 0 Å². The number of amides is 1. The lowest BCUT2D eigenvalue weighted by molar-refractivity contribution is -0.125. The minimum atomic E-state index is -1.30. The van der Waals surface area contributed by atoms with Crippen LogP contribution in [0.1, 0.15) is 32.4 Å². The highest BCUT2D eigenvalue weighted by Crippen LogP contribution is 2.23. The number of hydrogen-bond acceptors (Lipinski definition) is 5. The molecule has 1 amide bonds. The van der Waals surface area contributed by atoms with Crippen molar-refractivity contribution >= 4 is 23.5 Å². The number of ether oxygens (including phenoxy) is 2. The van der Waals surface area contributed by atoms with Crippen molar-refractivity contribution < 1.29 is 28.2 Å². The van der Waals surface area contributed by atoms with E-state index in [1.807, 2.05) is 0 Å². The van der Waals surface area contributed by atoms with Crippen molar-refractivity contribution in [2.24, 2.45) is 0 Å². The van der Waals surface area contributed by atoms with Gasteiger partial charge in [0.2, 0.25) is 6.10 Å². The van der Waals surface area contributed by atoms with Gasteiger partial charge in [0.15, 0.2) is 0 Å². The molecule has 30 heavy (non-hydrogen) atoms. The average molecular weight is 407 g/mol. The standard InChI is InChI=1S/C23H18FNO5/c1-29-22(27)18-9-5-6-10-19(18)23(28)30-20(15-7-3-2-4-8-15)21(26)25-17-13-11-16(24)12-14-17/h2-14,20H,1H3,(H,25,26). The van der Waals surface area contributed by atoms with Gasteiger partial charge in [0, 0.05) is 11.3 Å². The number of carbonyl (C=O) groups is 3. The molecule has 3 aromatic carbocycles. The van der Waals surface area contributed by atoms with Crippen LogP contribution in [0.3, 0.4) is 0 Å². The first-order valence-corrected chi connectivity index (χ1v) is 8.99. The zero-order valence-corrected chi connectivity index (χ0v) is 16.0. The van der Waals surface area contributed by atoms with E-state index >= 15 is 0 Å². The van der Waals surface area contributed by atoms with E-state index in [-0.39, 0.29) is 11.1 Å². The molecular weight excluding hydrogens is 389 g/mol. The summed E-state index contributed by atoms with van der Waals surface area (Å²) >= 11 is 0. The van der Waals surface area contributed by atoms with Crippen molar-refractivity contribution in [1.29, 1.82) is 0 Å². The van der Waals surface area contributed by atoms with Gasteiger partial charge in [-0.15, -0.1) is 0 Å². The number of esters is 2. The number of rotatable bonds is 6. The Balaban J connectivity index is 1.88. The fourth-order valence-corrected chi connectivity index (χ4v) is 2.76. The van der Waals surface area contributed by atoms with Crippen molar-refractivity contribution in [3.05, 3.63) is 101 Å². The zero-order chi connectivity index (χ0) is 21.5. The van der Waals surface area contributed by atoms with Gasteiger partial charge in [-0.2, -0.15) is 0 Å². The maximum absolute atomic E-state index is 13.1. The van der Waals surface area contributed by atoms with Crippen molar-refractivity contribution in [2.45, 2.75) is 6.10 Å². The zero-order valence-electron chi connectivity index (χ0n) is 16.0. The van der Waals surface area contributed by atoms with Crippen LogP contribution in [-0.4, -0.2) is 25.0 Å². The topological polar surface area (TPSA) is 81.7 Å². The highest BCUT2D eigenvalue weighted by Gasteiger charge is 2.28. The Morgan fingerprint density at radius 3 is 1.97 bits per heavy atom. The summed E-state index contributed by atoms with van der Waals surface area (Å²) in [5.74, 6) is -2.64. The summed E-state index contributed by atoms with van der Waals surface area (Å²) in [5.41, 5.74) is 0.768. The summed E-state index contributed by atoms with van der Waals surface area (Å²) in [6, 6.07) is 19.6. The SMILES string of the molecule is COC(=O)c1ccccc1C(=O)OC(C(=O)Nc1ccc(F)cc1)c1ccccc1. The summed E-state index contributed by atoms with van der Waals surface area (Å²) in [7, 11) is 1.20. The Morgan fingerprint density at radius 1 is 0.800 bits per heavy atom. The lowest BCUT2D eigenvalue weighted by atomic mass is 10.1. The molecule has 0 aromatic heterocycles. The first kappa shape index (κ1) is 20.7. The highest BCUT2D eigenvalue weighted by atomic mass is 19.1. The highest BCUT2D eigenvalue weighted by molar-refractivity contribution is 6.04. The largest absolute Gasteiger partial charge is 0.465 e. The number of hydrogen-bond donors (Lipinski definition) is 1. The number of anilines is 1. The third kappa shape index (κ3) is 4.88. The molecule has 0 saturated heterocycles. The maximum Gasteiger partial charge on any atom is 0.340 e. The molecule has 0 heterocycles. The van der Waals surface area contributed by atoms with Crippen molar-refractivity contribution in [3.8, 4) is 0 Å². The third-order valence-electron chi connectivity index (χ3n) is 4.23. The molecule has 1 N–H and O–H groups in total. The van der Waals surface area contributed by atoms with Gasteiger partial charge in [0.05, 0.1) is 18.2 Å². The fourth-order valence-electron chi connectivity index (χ4n) is 2.76. The Bertz CT molecular complexity index is 1050. The van der Waals surface area contributed by atoms with Gasteiger partial charge in [0.25, 0.3) is 5.91 Å². The molecule has 0 aliphatic carbocycles. The Hall–Kier alpha value is -4.00. The second kappa shape index (κ2) is 9.47. The van der Waals surface area contributed by atoms with Crippen LogP contribution in [0.4, 0.5) is 10.1 Å². The van der Waals surface area contributed by atoms with Crippen LogP contribution < -0.4 is 5.32 Å². The predicted octanol–water partition coefficient (Wildman–Crippen LogP) is 4.15. The van der Waals surface area contributed by atoms with Crippen LogP contribution in [0.25, 0.3) is 0 Å². The smallest absolute Gasteiger partial charge is 0.340 e. The van der Waals surface area contributed by atoms with Gasteiger partial charge in [-0.05, 0) is 36.4 Å². The van der Waals surface area contributed by atoms with E-state index in [1.165, 1.54) is 43.5 Å². The van der Waals surface area contributed by atoms with Gasteiger partial charge in [-0.25, -0.2) is 14.0 Å². The van der Waals surface area contributed by atoms with E-state index in [1.54, 1.807) is 42.5 Å². The molecule has 0 spiro atoms. The third-order valence-corrected chi connectivity index (χ3v) is 4.23. The Morgan fingerprint density at radius 2 is 1.37 bits per heavy atom. The quantitative estimate of drug-likeness (QED) is 0.621. The molecule has 0 radical (unpaired) electrons. The van der Waals surface area contributed by atoms with E-state index in [0.717, 1.165) is 0 Å². The molecule has 3 rings (SSSR count). The van der Waals surface area contributed by atoms with Crippen molar-refractivity contribution in [2.75, 3.05) is 12.4 Å². The maximum atomic E-state index is 13.1. The van der Waals surface area contributed by atoms with Gasteiger partial charge in [-0.1, -0.05) is 42.5 Å². The van der Waals surface area contributed by atoms with Crippen LogP contribution in [-0.2, 0) is 14.3 Å². The summed E-state index contributed by atoms with van der Waals surface area (Å²) in [6.07, 6.45) is -1.30. The first-order valence-electron chi connectivity index (χ1n) is 8.99. The van der Waals surface area contributed by atoms with Crippen LogP contribution >= 0.6 is 0 Å². The number of methoxy groups -OCH3 is 1. The molecule has 152 valence electrons. The number of halogens is 1. The molecule has 6 nitrogen and oxygen atoms in total. The van der Waals surface area contributed by atoms with Gasteiger partial charge in [-0.3, -0.25) is 4.79 Å².